The zero-order chi connectivity index (χ0) is 19.0. The minimum absolute atomic E-state index is 0.0632. The lowest BCUT2D eigenvalue weighted by Crippen LogP contribution is -2.33. The molecule has 0 bridgehead atoms. The molecule has 0 saturated heterocycles. The van der Waals surface area contributed by atoms with Crippen molar-refractivity contribution in [1.82, 2.24) is 20.1 Å². The second kappa shape index (κ2) is 6.64. The van der Waals surface area contributed by atoms with Crippen LogP contribution in [0.1, 0.15) is 35.7 Å². The maximum absolute atomic E-state index is 12.6. The fourth-order valence-corrected chi connectivity index (χ4v) is 2.88. The van der Waals surface area contributed by atoms with Gasteiger partial charge in [-0.3, -0.25) is 4.98 Å². The molecule has 0 aliphatic heterocycles. The molecule has 6 nitrogen and oxygen atoms in total. The van der Waals surface area contributed by atoms with Crippen LogP contribution in [0.5, 0.6) is 5.88 Å². The Morgan fingerprint density at radius 2 is 1.89 bits per heavy atom. The van der Waals surface area contributed by atoms with Crippen molar-refractivity contribution in [2.45, 2.75) is 38.0 Å². The first-order chi connectivity index (χ1) is 12.9. The summed E-state index contributed by atoms with van der Waals surface area (Å²) in [4.78, 5) is 12.4. The average Bonchev–Trinajstić information content (AvgIpc) is 3.04. The van der Waals surface area contributed by atoms with E-state index in [0.717, 1.165) is 18.0 Å². The summed E-state index contributed by atoms with van der Waals surface area (Å²) in [6, 6.07) is 4.25. The van der Waals surface area contributed by atoms with Crippen LogP contribution in [0.2, 0.25) is 0 Å². The number of aryl methyl sites for hydroxylation is 1. The molecule has 0 aromatic carbocycles. The SMILES string of the molecule is Cc1cc(-c2cnc(OC3CC(c4ccc(C(F)(F)F)cn4)C3)cn2)on1. The van der Waals surface area contributed by atoms with Gasteiger partial charge in [0.05, 0.1) is 23.7 Å². The maximum atomic E-state index is 12.6. The van der Waals surface area contributed by atoms with Crippen LogP contribution in [-0.2, 0) is 6.18 Å². The Labute approximate surface area is 152 Å². The second-order valence-electron chi connectivity index (χ2n) is 6.45. The topological polar surface area (TPSA) is 73.9 Å². The van der Waals surface area contributed by atoms with E-state index in [-0.39, 0.29) is 12.0 Å². The molecule has 3 aromatic heterocycles. The van der Waals surface area contributed by atoms with Crippen LogP contribution in [0.25, 0.3) is 11.5 Å². The van der Waals surface area contributed by atoms with Crippen LogP contribution in [0.3, 0.4) is 0 Å². The normalized spacial score (nSPS) is 19.6. The molecule has 1 aliphatic carbocycles. The van der Waals surface area contributed by atoms with Gasteiger partial charge in [-0.15, -0.1) is 0 Å². The number of ether oxygens (including phenoxy) is 1. The number of alkyl halides is 3. The van der Waals surface area contributed by atoms with Crippen LogP contribution in [-0.4, -0.2) is 26.2 Å². The van der Waals surface area contributed by atoms with Crippen molar-refractivity contribution in [3.63, 3.8) is 0 Å². The van der Waals surface area contributed by atoms with Gasteiger partial charge in [0.15, 0.2) is 5.76 Å². The number of aromatic nitrogens is 4. The molecule has 0 N–H and O–H groups in total. The molecule has 1 fully saturated rings. The summed E-state index contributed by atoms with van der Waals surface area (Å²) in [5.41, 5.74) is 1.22. The van der Waals surface area contributed by atoms with Crippen molar-refractivity contribution >= 4 is 0 Å². The summed E-state index contributed by atoms with van der Waals surface area (Å²) >= 11 is 0. The summed E-state index contributed by atoms with van der Waals surface area (Å²) < 4.78 is 48.6. The molecule has 3 heterocycles. The van der Waals surface area contributed by atoms with Gasteiger partial charge in [-0.05, 0) is 31.9 Å². The number of hydrogen-bond donors (Lipinski definition) is 0. The van der Waals surface area contributed by atoms with Crippen molar-refractivity contribution < 1.29 is 22.4 Å². The third-order valence-corrected chi connectivity index (χ3v) is 4.42. The lowest BCUT2D eigenvalue weighted by Gasteiger charge is -2.34. The molecule has 0 amide bonds. The third kappa shape index (κ3) is 3.76. The zero-order valence-corrected chi connectivity index (χ0v) is 14.3. The van der Waals surface area contributed by atoms with E-state index in [0.29, 0.717) is 35.9 Å². The van der Waals surface area contributed by atoms with E-state index in [1.54, 1.807) is 12.3 Å². The fourth-order valence-electron chi connectivity index (χ4n) is 2.88. The highest BCUT2D eigenvalue weighted by atomic mass is 19.4. The van der Waals surface area contributed by atoms with Gasteiger partial charge in [0.25, 0.3) is 0 Å². The summed E-state index contributed by atoms with van der Waals surface area (Å²) in [5.74, 6) is 1.00. The van der Waals surface area contributed by atoms with Gasteiger partial charge in [-0.2, -0.15) is 13.2 Å². The van der Waals surface area contributed by atoms with Crippen molar-refractivity contribution in [2.24, 2.45) is 0 Å². The van der Waals surface area contributed by atoms with E-state index in [2.05, 4.69) is 20.1 Å². The Morgan fingerprint density at radius 1 is 1.07 bits per heavy atom. The first-order valence-electron chi connectivity index (χ1n) is 8.34. The van der Waals surface area contributed by atoms with Gasteiger partial charge in [0, 0.05) is 23.9 Å². The molecule has 140 valence electrons. The lowest BCUT2D eigenvalue weighted by atomic mass is 9.79. The molecule has 4 rings (SSSR count). The molecule has 0 unspecified atom stereocenters. The molecule has 0 radical (unpaired) electrons. The number of rotatable bonds is 4. The molecule has 3 aromatic rings. The maximum Gasteiger partial charge on any atom is 0.417 e. The number of halogens is 3. The van der Waals surface area contributed by atoms with Gasteiger partial charge in [-0.1, -0.05) is 5.16 Å². The van der Waals surface area contributed by atoms with Gasteiger partial charge < -0.3 is 9.26 Å². The molecule has 27 heavy (non-hydrogen) atoms. The van der Waals surface area contributed by atoms with Crippen LogP contribution in [0.15, 0.2) is 41.3 Å². The highest BCUT2D eigenvalue weighted by Gasteiger charge is 2.35. The van der Waals surface area contributed by atoms with Crippen molar-refractivity contribution in [3.8, 4) is 17.3 Å². The van der Waals surface area contributed by atoms with Crippen LogP contribution in [0.4, 0.5) is 13.2 Å². The number of nitrogens with zero attached hydrogens (tertiary/aromatic N) is 4. The summed E-state index contributed by atoms with van der Waals surface area (Å²) in [7, 11) is 0. The van der Waals surface area contributed by atoms with E-state index in [1.165, 1.54) is 12.3 Å². The van der Waals surface area contributed by atoms with Gasteiger partial charge in [0.1, 0.15) is 11.8 Å². The Morgan fingerprint density at radius 3 is 2.44 bits per heavy atom. The Bertz CT molecular complexity index is 917. The van der Waals surface area contributed by atoms with Gasteiger partial charge >= 0.3 is 6.18 Å². The predicted molar refractivity (Wildman–Crippen MR) is 87.9 cm³/mol. The largest absolute Gasteiger partial charge is 0.473 e. The Hall–Kier alpha value is -2.97. The number of pyridine rings is 1. The Balaban J connectivity index is 1.32. The van der Waals surface area contributed by atoms with Crippen molar-refractivity contribution in [1.29, 1.82) is 0 Å². The summed E-state index contributed by atoms with van der Waals surface area (Å²) in [6.07, 6.45) is 0.837. The zero-order valence-electron chi connectivity index (χ0n) is 14.3. The fraction of sp³-hybridized carbons (Fsp3) is 0.333. The van der Waals surface area contributed by atoms with Gasteiger partial charge in [-0.25, -0.2) is 9.97 Å². The van der Waals surface area contributed by atoms with Crippen molar-refractivity contribution in [2.75, 3.05) is 0 Å². The second-order valence-corrected chi connectivity index (χ2v) is 6.45. The first-order valence-corrected chi connectivity index (χ1v) is 8.34. The Kier molecular flexibility index (Phi) is 4.29. The highest BCUT2D eigenvalue weighted by Crippen LogP contribution is 2.39. The van der Waals surface area contributed by atoms with Crippen LogP contribution < -0.4 is 4.74 Å². The van der Waals surface area contributed by atoms with Crippen LogP contribution in [0, 0.1) is 6.92 Å². The average molecular weight is 376 g/mol. The highest BCUT2D eigenvalue weighted by molar-refractivity contribution is 5.50. The minimum Gasteiger partial charge on any atom is -0.473 e. The molecular formula is C18H15F3N4O2. The molecular weight excluding hydrogens is 361 g/mol. The van der Waals surface area contributed by atoms with E-state index < -0.39 is 11.7 Å². The minimum atomic E-state index is -4.37. The molecule has 0 atom stereocenters. The summed E-state index contributed by atoms with van der Waals surface area (Å²) in [6.45, 7) is 1.82. The molecule has 1 saturated carbocycles. The van der Waals surface area contributed by atoms with E-state index in [9.17, 15) is 13.2 Å². The number of hydrogen-bond acceptors (Lipinski definition) is 6. The molecule has 0 spiro atoms. The third-order valence-electron chi connectivity index (χ3n) is 4.42. The van der Waals surface area contributed by atoms with E-state index in [1.807, 2.05) is 6.92 Å². The quantitative estimate of drug-likeness (QED) is 0.680. The smallest absolute Gasteiger partial charge is 0.417 e. The first kappa shape index (κ1) is 17.4. The predicted octanol–water partition coefficient (Wildman–Crippen LogP) is 4.18. The molecule has 9 heteroatoms. The molecule has 1 aliphatic rings. The van der Waals surface area contributed by atoms with E-state index in [4.69, 9.17) is 9.26 Å². The van der Waals surface area contributed by atoms with Gasteiger partial charge in [0.2, 0.25) is 5.88 Å². The lowest BCUT2D eigenvalue weighted by molar-refractivity contribution is -0.137. The van der Waals surface area contributed by atoms with Crippen molar-refractivity contribution in [3.05, 3.63) is 53.7 Å². The standard InChI is InChI=1S/C18H15F3N4O2/c1-10-4-16(27-25-10)15-8-24-17(9-23-15)26-13-5-11(6-13)14-3-2-12(7-22-14)18(19,20)21/h2-4,7-9,11,13H,5-6H2,1H3. The van der Waals surface area contributed by atoms with E-state index >= 15 is 0 Å². The van der Waals surface area contributed by atoms with Crippen LogP contribution >= 0.6 is 0 Å². The summed E-state index contributed by atoms with van der Waals surface area (Å²) in [5, 5.41) is 3.80. The monoisotopic (exact) mass is 376 g/mol.